The van der Waals surface area contributed by atoms with Gasteiger partial charge in [-0.3, -0.25) is 0 Å². The number of nitrogens with zero attached hydrogens (tertiary/aromatic N) is 2. The summed E-state index contributed by atoms with van der Waals surface area (Å²) in [5, 5.41) is 12.7. The van der Waals surface area contributed by atoms with Crippen LogP contribution in [0, 0.1) is 0 Å². The molecule has 0 aliphatic rings. The second-order valence-electron chi connectivity index (χ2n) is 3.61. The van der Waals surface area contributed by atoms with Gasteiger partial charge in [0.05, 0.1) is 28.5 Å². The van der Waals surface area contributed by atoms with Crippen LogP contribution in [0.15, 0.2) is 35.1 Å². The molecule has 96 valence electrons. The zero-order valence-corrected chi connectivity index (χ0v) is 10.5. The maximum atomic E-state index is 12.9. The van der Waals surface area contributed by atoms with Crippen LogP contribution in [0.4, 0.5) is 13.2 Å². The molecule has 0 saturated carbocycles. The first kappa shape index (κ1) is 13.1. The topological polar surface area (TPSA) is 38.0 Å². The van der Waals surface area contributed by atoms with Crippen molar-refractivity contribution in [2.24, 2.45) is 0 Å². The number of hydrogen-bond donors (Lipinski definition) is 1. The van der Waals surface area contributed by atoms with Crippen molar-refractivity contribution in [2.45, 2.75) is 12.8 Å². The molecule has 3 nitrogen and oxygen atoms in total. The number of halogens is 4. The summed E-state index contributed by atoms with van der Waals surface area (Å²) in [4.78, 5) is 0. The van der Waals surface area contributed by atoms with Crippen molar-refractivity contribution in [3.63, 3.8) is 0 Å². The van der Waals surface area contributed by atoms with E-state index in [4.69, 9.17) is 5.11 Å². The number of aromatic nitrogens is 2. The molecule has 0 amide bonds. The van der Waals surface area contributed by atoms with Crippen molar-refractivity contribution >= 4 is 15.9 Å². The Morgan fingerprint density at radius 3 is 2.56 bits per heavy atom. The van der Waals surface area contributed by atoms with Gasteiger partial charge in [-0.25, -0.2) is 4.68 Å². The Kier molecular flexibility index (Phi) is 3.45. The molecule has 0 bridgehead atoms. The molecule has 1 N–H and O–H groups in total. The fourth-order valence-corrected chi connectivity index (χ4v) is 1.83. The van der Waals surface area contributed by atoms with Crippen LogP contribution in [0.2, 0.25) is 0 Å². The quantitative estimate of drug-likeness (QED) is 0.923. The zero-order valence-electron chi connectivity index (χ0n) is 8.95. The van der Waals surface area contributed by atoms with Gasteiger partial charge in [0.1, 0.15) is 0 Å². The van der Waals surface area contributed by atoms with E-state index in [-0.39, 0.29) is 11.3 Å². The van der Waals surface area contributed by atoms with E-state index < -0.39 is 18.3 Å². The average Bonchev–Trinajstić information content (AvgIpc) is 2.74. The minimum atomic E-state index is -4.50. The molecular formula is C11H8BrF3N2O. The van der Waals surface area contributed by atoms with Gasteiger partial charge in [-0.1, -0.05) is 6.07 Å². The number of benzene rings is 1. The van der Waals surface area contributed by atoms with Crippen LogP contribution in [0.3, 0.4) is 0 Å². The molecule has 0 atom stereocenters. The lowest BCUT2D eigenvalue weighted by Gasteiger charge is -2.13. The Morgan fingerprint density at radius 1 is 1.33 bits per heavy atom. The van der Waals surface area contributed by atoms with Gasteiger partial charge in [0, 0.05) is 6.20 Å². The Balaban J connectivity index is 2.60. The molecule has 18 heavy (non-hydrogen) atoms. The molecule has 0 aliphatic heterocycles. The third-order valence-electron chi connectivity index (χ3n) is 2.35. The van der Waals surface area contributed by atoms with Gasteiger partial charge in [0.15, 0.2) is 0 Å². The first-order valence-electron chi connectivity index (χ1n) is 4.93. The van der Waals surface area contributed by atoms with Gasteiger partial charge in [-0.15, -0.1) is 0 Å². The lowest BCUT2D eigenvalue weighted by Crippen LogP contribution is -2.12. The van der Waals surface area contributed by atoms with Crippen LogP contribution in [0.25, 0.3) is 5.69 Å². The van der Waals surface area contributed by atoms with Gasteiger partial charge >= 0.3 is 6.18 Å². The van der Waals surface area contributed by atoms with E-state index in [1.807, 2.05) is 0 Å². The van der Waals surface area contributed by atoms with Crippen LogP contribution < -0.4 is 0 Å². The summed E-state index contributed by atoms with van der Waals surface area (Å²) in [5.41, 5.74) is -0.702. The average molecular weight is 321 g/mol. The molecule has 0 unspecified atom stereocenters. The van der Waals surface area contributed by atoms with E-state index in [2.05, 4.69) is 21.0 Å². The lowest BCUT2D eigenvalue weighted by molar-refractivity contribution is -0.137. The van der Waals surface area contributed by atoms with Crippen LogP contribution in [0.5, 0.6) is 0 Å². The van der Waals surface area contributed by atoms with Crippen molar-refractivity contribution in [1.82, 2.24) is 9.78 Å². The molecule has 2 rings (SSSR count). The van der Waals surface area contributed by atoms with Gasteiger partial charge in [0.2, 0.25) is 0 Å². The van der Waals surface area contributed by atoms with Crippen molar-refractivity contribution < 1.29 is 18.3 Å². The van der Waals surface area contributed by atoms with E-state index >= 15 is 0 Å². The first-order valence-corrected chi connectivity index (χ1v) is 5.72. The number of aliphatic hydroxyl groups is 1. The summed E-state index contributed by atoms with van der Waals surface area (Å²) >= 11 is 3.13. The molecule has 0 saturated heterocycles. The second kappa shape index (κ2) is 4.74. The largest absolute Gasteiger partial charge is 0.418 e. The van der Waals surface area contributed by atoms with Gasteiger partial charge in [0.25, 0.3) is 0 Å². The molecule has 0 spiro atoms. The first-order chi connectivity index (χ1) is 8.41. The molecule has 2 aromatic rings. The second-order valence-corrected chi connectivity index (χ2v) is 4.53. The lowest BCUT2D eigenvalue weighted by atomic mass is 10.1. The molecule has 1 aromatic carbocycles. The standard InChI is InChI=1S/C11H8BrF3N2O/c12-8-4-16-17(5-8)10-2-1-7(6-18)3-9(10)11(13,14)15/h1-5,18H,6H2. The van der Waals surface area contributed by atoms with Gasteiger partial charge in [-0.05, 0) is 33.6 Å². The van der Waals surface area contributed by atoms with Crippen molar-refractivity contribution in [1.29, 1.82) is 0 Å². The molecule has 0 aliphatic carbocycles. The van der Waals surface area contributed by atoms with Gasteiger partial charge < -0.3 is 5.11 Å². The highest BCUT2D eigenvalue weighted by Gasteiger charge is 2.34. The maximum Gasteiger partial charge on any atom is 0.418 e. The SMILES string of the molecule is OCc1ccc(-n2cc(Br)cn2)c(C(F)(F)F)c1. The maximum absolute atomic E-state index is 12.9. The number of aliphatic hydroxyl groups excluding tert-OH is 1. The Morgan fingerprint density at radius 2 is 2.06 bits per heavy atom. The highest BCUT2D eigenvalue weighted by Crippen LogP contribution is 2.34. The summed E-state index contributed by atoms with van der Waals surface area (Å²) in [6, 6.07) is 3.64. The minimum Gasteiger partial charge on any atom is -0.392 e. The third kappa shape index (κ3) is 2.56. The fourth-order valence-electron chi connectivity index (χ4n) is 1.54. The van der Waals surface area contributed by atoms with Crippen LogP contribution in [-0.4, -0.2) is 14.9 Å². The Labute approximate surface area is 109 Å². The predicted octanol–water partition coefficient (Wildman–Crippen LogP) is 3.15. The monoisotopic (exact) mass is 320 g/mol. The highest BCUT2D eigenvalue weighted by atomic mass is 79.9. The smallest absolute Gasteiger partial charge is 0.392 e. The number of alkyl halides is 3. The number of hydrogen-bond acceptors (Lipinski definition) is 2. The third-order valence-corrected chi connectivity index (χ3v) is 2.76. The van der Waals surface area contributed by atoms with E-state index in [1.165, 1.54) is 24.5 Å². The predicted molar refractivity (Wildman–Crippen MR) is 62.2 cm³/mol. The van der Waals surface area contributed by atoms with E-state index in [1.54, 1.807) is 0 Å². The summed E-state index contributed by atoms with van der Waals surface area (Å²) < 4.78 is 40.5. The molecule has 0 radical (unpaired) electrons. The summed E-state index contributed by atoms with van der Waals surface area (Å²) in [6.45, 7) is -0.438. The van der Waals surface area contributed by atoms with Crippen LogP contribution in [0.1, 0.15) is 11.1 Å². The molecule has 1 aromatic heterocycles. The molecule has 1 heterocycles. The van der Waals surface area contributed by atoms with Crippen molar-refractivity contribution in [3.05, 3.63) is 46.2 Å². The van der Waals surface area contributed by atoms with Crippen molar-refractivity contribution in [2.75, 3.05) is 0 Å². The van der Waals surface area contributed by atoms with Crippen molar-refractivity contribution in [3.8, 4) is 5.69 Å². The minimum absolute atomic E-state index is 0.0783. The molecular weight excluding hydrogens is 313 g/mol. The summed E-state index contributed by atoms with van der Waals surface area (Å²) in [6.07, 6.45) is -1.66. The summed E-state index contributed by atoms with van der Waals surface area (Å²) in [7, 11) is 0. The van der Waals surface area contributed by atoms with E-state index in [9.17, 15) is 13.2 Å². The van der Waals surface area contributed by atoms with E-state index in [0.717, 1.165) is 10.7 Å². The van der Waals surface area contributed by atoms with Gasteiger partial charge in [-0.2, -0.15) is 18.3 Å². The van der Waals surface area contributed by atoms with E-state index in [0.29, 0.717) is 4.47 Å². The number of rotatable bonds is 2. The summed E-state index contributed by atoms with van der Waals surface area (Å²) in [5.74, 6) is 0. The molecule has 0 fully saturated rings. The zero-order chi connectivity index (χ0) is 13.3. The van der Waals surface area contributed by atoms with Crippen LogP contribution >= 0.6 is 15.9 Å². The highest BCUT2D eigenvalue weighted by molar-refractivity contribution is 9.10. The fraction of sp³-hybridized carbons (Fsp3) is 0.182. The normalized spacial score (nSPS) is 11.8. The Bertz CT molecular complexity index is 566. The van der Waals surface area contributed by atoms with Crippen LogP contribution in [-0.2, 0) is 12.8 Å². The molecule has 7 heteroatoms. The Hall–Kier alpha value is -1.34.